The number of ketones is 1. The van der Waals surface area contributed by atoms with E-state index in [1.54, 1.807) is 55.6 Å². The Morgan fingerprint density at radius 2 is 1.66 bits per heavy atom. The lowest BCUT2D eigenvalue weighted by molar-refractivity contribution is 0.0987. The van der Waals surface area contributed by atoms with Gasteiger partial charge in [-0.05, 0) is 46.3 Å². The molecule has 0 spiro atoms. The zero-order valence-electron chi connectivity index (χ0n) is 15.6. The van der Waals surface area contributed by atoms with Crippen LogP contribution in [0.2, 0.25) is 10.0 Å². The Kier molecular flexibility index (Phi) is 6.63. The zero-order valence-corrected chi connectivity index (χ0v) is 18.7. The predicted octanol–water partition coefficient (Wildman–Crippen LogP) is 6.27. The van der Waals surface area contributed by atoms with E-state index in [9.17, 15) is 9.59 Å². The van der Waals surface area contributed by atoms with Gasteiger partial charge in [0.15, 0.2) is 5.78 Å². The Bertz CT molecular complexity index is 1090. The number of carbonyl (C=O) groups is 2. The summed E-state index contributed by atoms with van der Waals surface area (Å²) in [6.07, 6.45) is 0. The first kappa shape index (κ1) is 21.4. The van der Waals surface area contributed by atoms with Gasteiger partial charge in [-0.25, -0.2) is 0 Å². The smallest absolute Gasteiger partial charge is 0.261 e. The fourth-order valence-corrected chi connectivity index (χ4v) is 4.04. The first-order chi connectivity index (χ1) is 13.8. The van der Waals surface area contributed by atoms with Crippen LogP contribution in [0.5, 0.6) is 5.75 Å². The first-order valence-corrected chi connectivity index (χ1v) is 10.1. The Morgan fingerprint density at radius 3 is 2.31 bits per heavy atom. The maximum absolute atomic E-state index is 13.1. The molecule has 0 aliphatic rings. The van der Waals surface area contributed by atoms with Crippen molar-refractivity contribution >= 4 is 56.5 Å². The number of nitrogens with zero attached hydrogens (tertiary/aromatic N) is 1. The van der Waals surface area contributed by atoms with Crippen LogP contribution in [0.1, 0.15) is 26.3 Å². The summed E-state index contributed by atoms with van der Waals surface area (Å²) < 4.78 is 5.92. The molecule has 0 atom stereocenters. The molecule has 0 aromatic heterocycles. The van der Waals surface area contributed by atoms with Gasteiger partial charge in [0.2, 0.25) is 0 Å². The van der Waals surface area contributed by atoms with Crippen LogP contribution in [-0.2, 0) is 0 Å². The lowest BCUT2D eigenvalue weighted by atomic mass is 10.0. The zero-order chi connectivity index (χ0) is 21.1. The average molecular weight is 493 g/mol. The summed E-state index contributed by atoms with van der Waals surface area (Å²) in [5.74, 6) is -0.187. The molecule has 3 aromatic carbocycles. The number of hydrogen-bond acceptors (Lipinski definition) is 3. The van der Waals surface area contributed by atoms with Crippen LogP contribution in [0.15, 0.2) is 65.1 Å². The maximum Gasteiger partial charge on any atom is 0.261 e. The molecule has 7 heteroatoms. The Hall–Kier alpha value is -2.34. The fourth-order valence-electron chi connectivity index (χ4n) is 2.87. The van der Waals surface area contributed by atoms with Crippen molar-refractivity contribution in [3.05, 3.63) is 91.9 Å². The molecule has 0 N–H and O–H groups in total. The SMILES string of the molecule is COc1c(Br)cc(Cl)cc1C(=O)N(C)c1ccc(Cl)c(C(=O)c2ccccc2)c1. The molecule has 3 aromatic rings. The van der Waals surface area contributed by atoms with Gasteiger partial charge in [0.05, 0.1) is 22.2 Å². The van der Waals surface area contributed by atoms with Crippen molar-refractivity contribution in [2.75, 3.05) is 19.1 Å². The normalized spacial score (nSPS) is 10.5. The van der Waals surface area contributed by atoms with Crippen molar-refractivity contribution in [2.45, 2.75) is 0 Å². The quantitative estimate of drug-likeness (QED) is 0.394. The molecule has 4 nitrogen and oxygen atoms in total. The molecule has 0 saturated heterocycles. The van der Waals surface area contributed by atoms with Crippen molar-refractivity contribution in [3.63, 3.8) is 0 Å². The largest absolute Gasteiger partial charge is 0.495 e. The van der Waals surface area contributed by atoms with Gasteiger partial charge in [0, 0.05) is 28.9 Å². The van der Waals surface area contributed by atoms with E-state index in [0.717, 1.165) is 0 Å². The summed E-state index contributed by atoms with van der Waals surface area (Å²) >= 11 is 15.7. The molecule has 0 aliphatic heterocycles. The second-order valence-electron chi connectivity index (χ2n) is 6.19. The van der Waals surface area contributed by atoms with Crippen LogP contribution in [0.4, 0.5) is 5.69 Å². The molecule has 0 fully saturated rings. The third-order valence-electron chi connectivity index (χ3n) is 4.37. The molecular formula is C22H16BrCl2NO3. The second-order valence-corrected chi connectivity index (χ2v) is 7.89. The second kappa shape index (κ2) is 8.99. The van der Waals surface area contributed by atoms with Gasteiger partial charge in [0.1, 0.15) is 5.75 Å². The predicted molar refractivity (Wildman–Crippen MR) is 120 cm³/mol. The number of methoxy groups -OCH3 is 1. The Labute approximate surface area is 187 Å². The van der Waals surface area contributed by atoms with Gasteiger partial charge in [-0.2, -0.15) is 0 Å². The number of carbonyl (C=O) groups excluding carboxylic acids is 2. The summed E-state index contributed by atoms with van der Waals surface area (Å²) in [6, 6.07) is 16.9. The average Bonchev–Trinajstić information content (AvgIpc) is 2.72. The highest BCUT2D eigenvalue weighted by Gasteiger charge is 2.22. The fraction of sp³-hybridized carbons (Fsp3) is 0.0909. The van der Waals surface area contributed by atoms with Gasteiger partial charge in [-0.3, -0.25) is 9.59 Å². The number of amides is 1. The van der Waals surface area contributed by atoms with Gasteiger partial charge in [-0.15, -0.1) is 0 Å². The summed E-state index contributed by atoms with van der Waals surface area (Å²) in [5, 5.41) is 0.706. The summed E-state index contributed by atoms with van der Waals surface area (Å²) in [7, 11) is 3.08. The van der Waals surface area contributed by atoms with E-state index in [4.69, 9.17) is 27.9 Å². The Balaban J connectivity index is 2.00. The lowest BCUT2D eigenvalue weighted by Gasteiger charge is -2.20. The third-order valence-corrected chi connectivity index (χ3v) is 5.50. The summed E-state index contributed by atoms with van der Waals surface area (Å²) in [6.45, 7) is 0. The molecule has 29 heavy (non-hydrogen) atoms. The minimum atomic E-state index is -0.342. The number of ether oxygens (including phenoxy) is 1. The van der Waals surface area contributed by atoms with Crippen LogP contribution in [0.25, 0.3) is 0 Å². The molecule has 0 aliphatic carbocycles. The Morgan fingerprint density at radius 1 is 0.966 bits per heavy atom. The van der Waals surface area contributed by atoms with Crippen LogP contribution in [0.3, 0.4) is 0 Å². The van der Waals surface area contributed by atoms with Crippen LogP contribution in [0, 0.1) is 0 Å². The molecule has 0 radical (unpaired) electrons. The van der Waals surface area contributed by atoms with Crippen molar-refractivity contribution in [1.29, 1.82) is 0 Å². The monoisotopic (exact) mass is 491 g/mol. The van der Waals surface area contributed by atoms with Crippen LogP contribution in [-0.4, -0.2) is 25.8 Å². The molecule has 3 rings (SSSR count). The summed E-state index contributed by atoms with van der Waals surface area (Å²) in [5.41, 5.74) is 1.63. The molecular weight excluding hydrogens is 477 g/mol. The minimum Gasteiger partial charge on any atom is -0.495 e. The molecule has 0 saturated carbocycles. The van der Waals surface area contributed by atoms with E-state index in [0.29, 0.717) is 42.6 Å². The van der Waals surface area contributed by atoms with Crippen molar-refractivity contribution in [3.8, 4) is 5.75 Å². The lowest BCUT2D eigenvalue weighted by Crippen LogP contribution is -2.27. The molecule has 0 heterocycles. The molecule has 0 bridgehead atoms. The molecule has 0 unspecified atom stereocenters. The van der Waals surface area contributed by atoms with E-state index in [-0.39, 0.29) is 11.7 Å². The topological polar surface area (TPSA) is 46.6 Å². The number of anilines is 1. The van der Waals surface area contributed by atoms with Crippen LogP contribution >= 0.6 is 39.1 Å². The van der Waals surface area contributed by atoms with Gasteiger partial charge >= 0.3 is 0 Å². The van der Waals surface area contributed by atoms with E-state index >= 15 is 0 Å². The third kappa shape index (κ3) is 4.47. The maximum atomic E-state index is 13.1. The van der Waals surface area contributed by atoms with Crippen molar-refractivity contribution < 1.29 is 14.3 Å². The molecule has 148 valence electrons. The highest BCUT2D eigenvalue weighted by atomic mass is 79.9. The van der Waals surface area contributed by atoms with Gasteiger partial charge in [0.25, 0.3) is 5.91 Å². The van der Waals surface area contributed by atoms with Crippen LogP contribution < -0.4 is 9.64 Å². The first-order valence-electron chi connectivity index (χ1n) is 8.54. The van der Waals surface area contributed by atoms with Gasteiger partial charge < -0.3 is 9.64 Å². The minimum absolute atomic E-state index is 0.221. The number of benzene rings is 3. The molecule has 1 amide bonds. The van der Waals surface area contributed by atoms with E-state index in [2.05, 4.69) is 15.9 Å². The standard InChI is InChI=1S/C22H16BrCl2NO3/c1-26(22(28)17-10-14(24)11-18(23)21(17)29-2)15-8-9-19(25)16(12-15)20(27)13-6-4-3-5-7-13/h3-12H,1-2H3. The highest BCUT2D eigenvalue weighted by Crippen LogP contribution is 2.34. The number of rotatable bonds is 5. The van der Waals surface area contributed by atoms with Gasteiger partial charge in [-0.1, -0.05) is 53.5 Å². The van der Waals surface area contributed by atoms with Crippen molar-refractivity contribution in [2.24, 2.45) is 0 Å². The summed E-state index contributed by atoms with van der Waals surface area (Å²) in [4.78, 5) is 27.4. The van der Waals surface area contributed by atoms with Crippen molar-refractivity contribution in [1.82, 2.24) is 0 Å². The van der Waals surface area contributed by atoms with E-state index in [1.165, 1.54) is 18.1 Å². The van der Waals surface area contributed by atoms with E-state index < -0.39 is 0 Å². The highest BCUT2D eigenvalue weighted by molar-refractivity contribution is 9.10. The number of halogens is 3. The number of hydrogen-bond donors (Lipinski definition) is 0. The van der Waals surface area contributed by atoms with E-state index in [1.807, 2.05) is 6.07 Å².